The van der Waals surface area contributed by atoms with E-state index < -0.39 is 29.7 Å². The van der Waals surface area contributed by atoms with Crippen LogP contribution in [0.4, 0.5) is 4.79 Å². The van der Waals surface area contributed by atoms with Gasteiger partial charge in [-0.25, -0.2) is 9.59 Å². The summed E-state index contributed by atoms with van der Waals surface area (Å²) in [5.41, 5.74) is 5.22. The van der Waals surface area contributed by atoms with Crippen LogP contribution >= 0.6 is 0 Å². The molecular formula is C12H17N3O5. The second kappa shape index (κ2) is 6.69. The third-order valence-electron chi connectivity index (χ3n) is 3.15. The van der Waals surface area contributed by atoms with E-state index in [1.807, 2.05) is 5.32 Å². The van der Waals surface area contributed by atoms with Crippen LogP contribution in [0.1, 0.15) is 19.8 Å². The van der Waals surface area contributed by atoms with Crippen LogP contribution in [-0.2, 0) is 14.4 Å². The molecule has 0 aromatic heterocycles. The summed E-state index contributed by atoms with van der Waals surface area (Å²) in [6.45, 7) is 1.95. The molecule has 8 heteroatoms. The number of hydrogen-bond acceptors (Lipinski definition) is 4. The lowest BCUT2D eigenvalue weighted by atomic mass is 9.93. The molecule has 2 atom stereocenters. The second-order valence-electron chi connectivity index (χ2n) is 4.64. The molecule has 2 unspecified atom stereocenters. The molecular weight excluding hydrogens is 266 g/mol. The molecule has 1 aliphatic heterocycles. The Kier molecular flexibility index (Phi) is 5.24. The number of carbonyl (C=O) groups excluding carboxylic acids is 3. The van der Waals surface area contributed by atoms with E-state index in [0.717, 1.165) is 6.08 Å². The van der Waals surface area contributed by atoms with Gasteiger partial charge in [0.2, 0.25) is 5.91 Å². The molecule has 0 radical (unpaired) electrons. The zero-order valence-electron chi connectivity index (χ0n) is 11.0. The van der Waals surface area contributed by atoms with Gasteiger partial charge in [0.15, 0.2) is 0 Å². The molecule has 0 saturated carbocycles. The van der Waals surface area contributed by atoms with E-state index in [1.54, 1.807) is 6.92 Å². The van der Waals surface area contributed by atoms with E-state index >= 15 is 0 Å². The summed E-state index contributed by atoms with van der Waals surface area (Å²) in [6, 6.07) is -0.787. The van der Waals surface area contributed by atoms with Crippen molar-refractivity contribution < 1.29 is 24.3 Å². The molecule has 1 heterocycles. The van der Waals surface area contributed by atoms with E-state index in [0.29, 0.717) is 18.9 Å². The van der Waals surface area contributed by atoms with Gasteiger partial charge in [-0.2, -0.15) is 0 Å². The Balaban J connectivity index is 2.63. The van der Waals surface area contributed by atoms with Crippen LogP contribution in [0, 0.1) is 5.92 Å². The number of nitrogens with one attached hydrogen (secondary N) is 1. The number of piperidine rings is 1. The van der Waals surface area contributed by atoms with Crippen LogP contribution in [-0.4, -0.2) is 46.4 Å². The van der Waals surface area contributed by atoms with Crippen LogP contribution in [0.15, 0.2) is 12.2 Å². The lowest BCUT2D eigenvalue weighted by molar-refractivity contribution is -0.131. The van der Waals surface area contributed by atoms with Gasteiger partial charge in [-0.3, -0.25) is 14.9 Å². The lowest BCUT2D eigenvalue weighted by Gasteiger charge is -2.36. The van der Waals surface area contributed by atoms with Gasteiger partial charge >= 0.3 is 12.0 Å². The number of urea groups is 1. The summed E-state index contributed by atoms with van der Waals surface area (Å²) in [5.74, 6) is -3.02. The SMILES string of the molecule is CC1CCC(C(N)=O)CN1C(=O)NC(=O)C=CC(=O)O. The molecule has 4 amide bonds. The number of carboxylic acid groups (broad SMARTS) is 1. The molecule has 4 N–H and O–H groups in total. The summed E-state index contributed by atoms with van der Waals surface area (Å²) in [7, 11) is 0. The Hall–Kier alpha value is -2.38. The summed E-state index contributed by atoms with van der Waals surface area (Å²) in [6.07, 6.45) is 2.60. The first-order valence-corrected chi connectivity index (χ1v) is 6.13. The quantitative estimate of drug-likeness (QED) is 0.598. The first-order valence-electron chi connectivity index (χ1n) is 6.13. The van der Waals surface area contributed by atoms with Gasteiger partial charge in [-0.15, -0.1) is 0 Å². The van der Waals surface area contributed by atoms with Gasteiger partial charge in [0.1, 0.15) is 0 Å². The number of carboxylic acids is 1. The number of amides is 4. The minimum absolute atomic E-state index is 0.123. The Morgan fingerprint density at radius 2 is 1.90 bits per heavy atom. The van der Waals surface area contributed by atoms with E-state index in [4.69, 9.17) is 10.8 Å². The summed E-state index contributed by atoms with van der Waals surface area (Å²) >= 11 is 0. The number of primary amides is 1. The fourth-order valence-corrected chi connectivity index (χ4v) is 1.99. The van der Waals surface area contributed by atoms with Crippen molar-refractivity contribution in [3.63, 3.8) is 0 Å². The van der Waals surface area contributed by atoms with Crippen molar-refractivity contribution in [3.8, 4) is 0 Å². The number of carbonyl (C=O) groups is 4. The average molecular weight is 283 g/mol. The van der Waals surface area contributed by atoms with Crippen molar-refractivity contribution in [1.82, 2.24) is 10.2 Å². The fourth-order valence-electron chi connectivity index (χ4n) is 1.99. The first kappa shape index (κ1) is 15.7. The molecule has 110 valence electrons. The predicted molar refractivity (Wildman–Crippen MR) is 68.4 cm³/mol. The van der Waals surface area contributed by atoms with Crippen LogP contribution < -0.4 is 11.1 Å². The van der Waals surface area contributed by atoms with E-state index in [-0.39, 0.29) is 12.6 Å². The molecule has 1 rings (SSSR count). The highest BCUT2D eigenvalue weighted by Gasteiger charge is 2.31. The average Bonchev–Trinajstić information content (AvgIpc) is 2.36. The molecule has 1 saturated heterocycles. The maximum Gasteiger partial charge on any atom is 0.328 e. The van der Waals surface area contributed by atoms with Crippen molar-refractivity contribution in [3.05, 3.63) is 12.2 Å². The van der Waals surface area contributed by atoms with Crippen molar-refractivity contribution >= 4 is 23.8 Å². The highest BCUT2D eigenvalue weighted by molar-refractivity contribution is 6.02. The van der Waals surface area contributed by atoms with Crippen LogP contribution in [0.25, 0.3) is 0 Å². The molecule has 0 aromatic rings. The van der Waals surface area contributed by atoms with Crippen molar-refractivity contribution in [2.45, 2.75) is 25.8 Å². The smallest absolute Gasteiger partial charge is 0.328 e. The number of imide groups is 1. The third kappa shape index (κ3) is 4.38. The Labute approximate surface area is 115 Å². The monoisotopic (exact) mass is 283 g/mol. The maximum atomic E-state index is 11.9. The van der Waals surface area contributed by atoms with E-state index in [9.17, 15) is 19.2 Å². The molecule has 1 fully saturated rings. The molecule has 20 heavy (non-hydrogen) atoms. The van der Waals surface area contributed by atoms with Gasteiger partial charge < -0.3 is 15.7 Å². The van der Waals surface area contributed by atoms with E-state index in [1.165, 1.54) is 4.90 Å². The highest BCUT2D eigenvalue weighted by Crippen LogP contribution is 2.21. The molecule has 0 bridgehead atoms. The maximum absolute atomic E-state index is 11.9. The summed E-state index contributed by atoms with van der Waals surface area (Å²) < 4.78 is 0. The first-order chi connectivity index (χ1) is 9.31. The number of hydrogen-bond donors (Lipinski definition) is 3. The van der Waals surface area contributed by atoms with E-state index in [2.05, 4.69) is 0 Å². The second-order valence-corrected chi connectivity index (χ2v) is 4.64. The summed E-state index contributed by atoms with van der Waals surface area (Å²) in [4.78, 5) is 46.0. The van der Waals surface area contributed by atoms with Crippen molar-refractivity contribution in [2.24, 2.45) is 11.7 Å². The molecule has 1 aliphatic rings. The highest BCUT2D eigenvalue weighted by atomic mass is 16.4. The normalized spacial score (nSPS) is 22.6. The Morgan fingerprint density at radius 1 is 1.25 bits per heavy atom. The number of nitrogens with zero attached hydrogens (tertiary/aromatic N) is 1. The van der Waals surface area contributed by atoms with Gasteiger partial charge in [-0.1, -0.05) is 0 Å². The number of likely N-dealkylation sites (tertiary alicyclic amines) is 1. The predicted octanol–water partition coefficient (Wildman–Crippen LogP) is -0.551. The molecule has 0 aliphatic carbocycles. The Bertz CT molecular complexity index is 460. The van der Waals surface area contributed by atoms with Gasteiger partial charge in [0, 0.05) is 24.7 Å². The number of nitrogens with two attached hydrogens (primary N) is 1. The van der Waals surface area contributed by atoms with Gasteiger partial charge in [0.05, 0.1) is 5.92 Å². The van der Waals surface area contributed by atoms with Crippen molar-refractivity contribution in [1.29, 1.82) is 0 Å². The minimum atomic E-state index is -1.28. The van der Waals surface area contributed by atoms with Crippen molar-refractivity contribution in [2.75, 3.05) is 6.54 Å². The Morgan fingerprint density at radius 3 is 2.45 bits per heavy atom. The lowest BCUT2D eigenvalue weighted by Crippen LogP contribution is -2.53. The standard InChI is InChI=1S/C12H17N3O5/c1-7-2-3-8(11(13)19)6-15(7)12(20)14-9(16)4-5-10(17)18/h4-5,7-8H,2-3,6H2,1H3,(H2,13,19)(H,17,18)(H,14,16,20). The van der Waals surface area contributed by atoms with Gasteiger partial charge in [-0.05, 0) is 19.8 Å². The van der Waals surface area contributed by atoms with Crippen LogP contribution in [0.5, 0.6) is 0 Å². The number of rotatable bonds is 3. The van der Waals surface area contributed by atoms with Crippen LogP contribution in [0.2, 0.25) is 0 Å². The topological polar surface area (TPSA) is 130 Å². The molecule has 0 aromatic carbocycles. The minimum Gasteiger partial charge on any atom is -0.478 e. The van der Waals surface area contributed by atoms with Crippen LogP contribution in [0.3, 0.4) is 0 Å². The largest absolute Gasteiger partial charge is 0.478 e. The number of aliphatic carboxylic acids is 1. The van der Waals surface area contributed by atoms with Gasteiger partial charge in [0.25, 0.3) is 5.91 Å². The molecule has 8 nitrogen and oxygen atoms in total. The zero-order valence-corrected chi connectivity index (χ0v) is 11.0. The zero-order chi connectivity index (χ0) is 15.3. The fraction of sp³-hybridized carbons (Fsp3) is 0.500. The molecule has 0 spiro atoms. The summed E-state index contributed by atoms with van der Waals surface area (Å²) in [5, 5.41) is 10.4. The third-order valence-corrected chi connectivity index (χ3v) is 3.15.